The predicted molar refractivity (Wildman–Crippen MR) is 114 cm³/mol. The van der Waals surface area contributed by atoms with E-state index in [4.69, 9.17) is 4.74 Å². The fraction of sp³-hybridized carbons (Fsp3) is 0.409. The van der Waals surface area contributed by atoms with E-state index in [1.807, 2.05) is 39.0 Å². The van der Waals surface area contributed by atoms with Crippen LogP contribution in [0.25, 0.3) is 0 Å². The number of carbonyl (C=O) groups excluding carboxylic acids is 1. The molecule has 7 heteroatoms. The number of hydrogen-bond acceptors (Lipinski definition) is 4. The van der Waals surface area contributed by atoms with E-state index in [2.05, 4.69) is 5.32 Å². The van der Waals surface area contributed by atoms with Crippen molar-refractivity contribution in [3.63, 3.8) is 0 Å². The van der Waals surface area contributed by atoms with Gasteiger partial charge in [0.1, 0.15) is 5.75 Å². The number of anilines is 1. The van der Waals surface area contributed by atoms with Gasteiger partial charge in [0.25, 0.3) is 0 Å². The molecule has 1 heterocycles. The van der Waals surface area contributed by atoms with Gasteiger partial charge in [-0.05, 0) is 81.1 Å². The van der Waals surface area contributed by atoms with Gasteiger partial charge in [-0.2, -0.15) is 4.31 Å². The lowest BCUT2D eigenvalue weighted by Gasteiger charge is -2.31. The highest BCUT2D eigenvalue weighted by molar-refractivity contribution is 7.89. The van der Waals surface area contributed by atoms with Crippen molar-refractivity contribution < 1.29 is 17.9 Å². The molecular weight excluding hydrogens is 388 g/mol. The minimum atomic E-state index is -3.65. The zero-order valence-electron chi connectivity index (χ0n) is 17.1. The van der Waals surface area contributed by atoms with Crippen molar-refractivity contribution in [2.45, 2.75) is 38.5 Å². The second-order valence-electron chi connectivity index (χ2n) is 7.39. The van der Waals surface area contributed by atoms with Crippen LogP contribution >= 0.6 is 0 Å². The van der Waals surface area contributed by atoms with Crippen molar-refractivity contribution in [2.75, 3.05) is 25.0 Å². The van der Waals surface area contributed by atoms with Gasteiger partial charge in [0, 0.05) is 18.8 Å². The van der Waals surface area contributed by atoms with Crippen LogP contribution in [0.4, 0.5) is 5.69 Å². The molecule has 1 atom stereocenters. The van der Waals surface area contributed by atoms with Gasteiger partial charge in [-0.3, -0.25) is 4.79 Å². The largest absolute Gasteiger partial charge is 0.494 e. The summed E-state index contributed by atoms with van der Waals surface area (Å²) in [6.45, 7) is 7.02. The number of amides is 1. The first kappa shape index (κ1) is 21.3. The molecule has 0 unspecified atom stereocenters. The summed E-state index contributed by atoms with van der Waals surface area (Å²) < 4.78 is 32.8. The molecule has 1 aliphatic heterocycles. The Morgan fingerprint density at radius 2 is 1.86 bits per heavy atom. The molecule has 1 saturated heterocycles. The maximum absolute atomic E-state index is 13.0. The molecule has 0 saturated carbocycles. The molecule has 1 amide bonds. The van der Waals surface area contributed by atoms with Crippen molar-refractivity contribution in [1.29, 1.82) is 0 Å². The van der Waals surface area contributed by atoms with E-state index in [1.165, 1.54) is 4.31 Å². The molecule has 156 valence electrons. The minimum Gasteiger partial charge on any atom is -0.494 e. The highest BCUT2D eigenvalue weighted by Gasteiger charge is 2.33. The van der Waals surface area contributed by atoms with Crippen LogP contribution in [-0.2, 0) is 14.8 Å². The van der Waals surface area contributed by atoms with Crippen molar-refractivity contribution in [2.24, 2.45) is 5.92 Å². The quantitative estimate of drug-likeness (QED) is 0.778. The van der Waals surface area contributed by atoms with Gasteiger partial charge in [0.05, 0.1) is 17.4 Å². The van der Waals surface area contributed by atoms with Crippen molar-refractivity contribution in [3.8, 4) is 5.75 Å². The summed E-state index contributed by atoms with van der Waals surface area (Å²) in [5.41, 5.74) is 3.00. The second-order valence-corrected chi connectivity index (χ2v) is 9.33. The zero-order chi connectivity index (χ0) is 21.0. The summed E-state index contributed by atoms with van der Waals surface area (Å²) in [6.07, 6.45) is 1.33. The van der Waals surface area contributed by atoms with Crippen molar-refractivity contribution in [1.82, 2.24) is 4.31 Å². The summed E-state index contributed by atoms with van der Waals surface area (Å²) in [6, 6.07) is 12.2. The first-order valence-corrected chi connectivity index (χ1v) is 11.4. The molecule has 1 fully saturated rings. The maximum Gasteiger partial charge on any atom is 0.243 e. The van der Waals surface area contributed by atoms with Gasteiger partial charge >= 0.3 is 0 Å². The lowest BCUT2D eigenvalue weighted by molar-refractivity contribution is -0.120. The number of rotatable bonds is 6. The van der Waals surface area contributed by atoms with E-state index in [1.54, 1.807) is 24.3 Å². The van der Waals surface area contributed by atoms with Gasteiger partial charge in [0.2, 0.25) is 15.9 Å². The van der Waals surface area contributed by atoms with E-state index in [0.29, 0.717) is 31.7 Å². The molecule has 1 aliphatic rings. The third kappa shape index (κ3) is 4.97. The zero-order valence-corrected chi connectivity index (χ0v) is 18.0. The summed E-state index contributed by atoms with van der Waals surface area (Å²) in [4.78, 5) is 13.0. The Kier molecular flexibility index (Phi) is 6.59. The Balaban J connectivity index is 1.70. The lowest BCUT2D eigenvalue weighted by Crippen LogP contribution is -2.43. The van der Waals surface area contributed by atoms with Crippen LogP contribution in [0.2, 0.25) is 0 Å². The Hall–Kier alpha value is -2.38. The minimum absolute atomic E-state index is 0.139. The number of nitrogens with zero attached hydrogens (tertiary/aromatic N) is 1. The van der Waals surface area contributed by atoms with E-state index < -0.39 is 10.0 Å². The summed E-state index contributed by atoms with van der Waals surface area (Å²) in [5.74, 6) is 0.124. The number of nitrogens with one attached hydrogen (secondary N) is 1. The van der Waals surface area contributed by atoms with Crippen LogP contribution in [0, 0.1) is 19.8 Å². The highest BCUT2D eigenvalue weighted by Crippen LogP contribution is 2.26. The molecule has 3 rings (SSSR count). The predicted octanol–water partition coefficient (Wildman–Crippen LogP) is 3.74. The molecule has 29 heavy (non-hydrogen) atoms. The van der Waals surface area contributed by atoms with Gasteiger partial charge in [-0.1, -0.05) is 6.07 Å². The summed E-state index contributed by atoms with van der Waals surface area (Å²) >= 11 is 0. The topological polar surface area (TPSA) is 75.7 Å². The summed E-state index contributed by atoms with van der Waals surface area (Å²) in [7, 11) is -3.65. The monoisotopic (exact) mass is 416 g/mol. The number of aryl methyl sites for hydroxylation is 2. The number of carbonyl (C=O) groups is 1. The van der Waals surface area contributed by atoms with Crippen molar-refractivity contribution >= 4 is 21.6 Å². The molecule has 2 aromatic rings. The first-order valence-electron chi connectivity index (χ1n) is 9.92. The normalized spacial score (nSPS) is 17.7. The average molecular weight is 417 g/mol. The number of piperidine rings is 1. The van der Waals surface area contributed by atoms with Crippen molar-refractivity contribution in [3.05, 3.63) is 53.6 Å². The van der Waals surface area contributed by atoms with Crippen LogP contribution < -0.4 is 10.1 Å². The number of sulfonamides is 1. The standard InChI is InChI=1S/C22H28N2O4S/c1-4-28-20-9-11-21(12-10-20)29(26,27)24-13-5-6-18(15-24)22(25)23-19-8-7-16(2)17(3)14-19/h7-12,14,18H,4-6,13,15H2,1-3H3,(H,23,25)/t18-/m0/s1. The molecule has 0 aliphatic carbocycles. The fourth-order valence-electron chi connectivity index (χ4n) is 3.46. The van der Waals surface area contributed by atoms with Crippen LogP contribution in [0.15, 0.2) is 47.4 Å². The van der Waals surface area contributed by atoms with Gasteiger partial charge in [-0.15, -0.1) is 0 Å². The van der Waals surface area contributed by atoms with Crippen LogP contribution in [0.1, 0.15) is 30.9 Å². The Morgan fingerprint density at radius 1 is 1.14 bits per heavy atom. The van der Waals surface area contributed by atoms with Crippen LogP contribution in [0.5, 0.6) is 5.75 Å². The van der Waals surface area contributed by atoms with E-state index in [9.17, 15) is 13.2 Å². The number of benzene rings is 2. The second kappa shape index (κ2) is 8.97. The smallest absolute Gasteiger partial charge is 0.243 e. The lowest BCUT2D eigenvalue weighted by atomic mass is 9.98. The van der Waals surface area contributed by atoms with Gasteiger partial charge in [-0.25, -0.2) is 8.42 Å². The van der Waals surface area contributed by atoms with Crippen LogP contribution in [0.3, 0.4) is 0 Å². The molecule has 0 radical (unpaired) electrons. The first-order chi connectivity index (χ1) is 13.8. The molecule has 0 spiro atoms. The Bertz CT molecular complexity index is 971. The molecule has 6 nitrogen and oxygen atoms in total. The number of ether oxygens (including phenoxy) is 1. The third-order valence-corrected chi connectivity index (χ3v) is 7.18. The van der Waals surface area contributed by atoms with Gasteiger partial charge in [0.15, 0.2) is 0 Å². The average Bonchev–Trinajstić information content (AvgIpc) is 2.71. The molecule has 0 aromatic heterocycles. The van der Waals surface area contributed by atoms with E-state index in [0.717, 1.165) is 16.8 Å². The number of hydrogen-bond donors (Lipinski definition) is 1. The molecule has 1 N–H and O–H groups in total. The SMILES string of the molecule is CCOc1ccc(S(=O)(=O)N2CCC[C@H](C(=O)Nc3ccc(C)c(C)c3)C2)cc1. The van der Waals surface area contributed by atoms with Gasteiger partial charge < -0.3 is 10.1 Å². The Labute approximate surface area is 172 Å². The summed E-state index contributed by atoms with van der Waals surface area (Å²) in [5, 5.41) is 2.94. The molecular formula is C22H28N2O4S. The Morgan fingerprint density at radius 3 is 2.52 bits per heavy atom. The third-order valence-electron chi connectivity index (χ3n) is 5.30. The van der Waals surface area contributed by atoms with E-state index in [-0.39, 0.29) is 23.3 Å². The van der Waals surface area contributed by atoms with Crippen LogP contribution in [-0.4, -0.2) is 38.3 Å². The molecule has 2 aromatic carbocycles. The van der Waals surface area contributed by atoms with E-state index >= 15 is 0 Å². The molecule has 0 bridgehead atoms. The maximum atomic E-state index is 13.0. The fourth-order valence-corrected chi connectivity index (χ4v) is 4.99. The highest BCUT2D eigenvalue weighted by atomic mass is 32.2.